The molecule has 0 saturated carbocycles. The third-order valence-corrected chi connectivity index (χ3v) is 2.06. The van der Waals surface area contributed by atoms with Crippen molar-refractivity contribution in [3.63, 3.8) is 0 Å². The van der Waals surface area contributed by atoms with Gasteiger partial charge in [-0.25, -0.2) is 4.98 Å². The first-order valence-electron chi connectivity index (χ1n) is 4.55. The van der Waals surface area contributed by atoms with Gasteiger partial charge in [-0.1, -0.05) is 29.8 Å². The number of nitrogens with zero attached hydrogens (tertiary/aromatic N) is 1. The first-order valence-corrected chi connectivity index (χ1v) is 4.93. The van der Waals surface area contributed by atoms with Gasteiger partial charge in [-0.15, -0.1) is 0 Å². The van der Waals surface area contributed by atoms with Gasteiger partial charge >= 0.3 is 0 Å². The van der Waals surface area contributed by atoms with E-state index < -0.39 is 0 Å². The van der Waals surface area contributed by atoms with Gasteiger partial charge in [-0.3, -0.25) is 0 Å². The highest BCUT2D eigenvalue weighted by Crippen LogP contribution is 2.11. The Morgan fingerprint density at radius 1 is 1.20 bits per heavy atom. The summed E-state index contributed by atoms with van der Waals surface area (Å²) in [5.74, 6) is 0.801. The summed E-state index contributed by atoms with van der Waals surface area (Å²) in [6.45, 7) is 0.421. The zero-order valence-electron chi connectivity index (χ0n) is 7.98. The molecular weight excluding hydrogens is 210 g/mol. The van der Waals surface area contributed by atoms with E-state index in [0.29, 0.717) is 11.8 Å². The number of ether oxygens (including phenoxy) is 1. The Morgan fingerprint density at radius 3 is 2.73 bits per heavy atom. The van der Waals surface area contributed by atoms with Crippen LogP contribution in [0.3, 0.4) is 0 Å². The number of pyridine rings is 1. The fourth-order valence-electron chi connectivity index (χ4n) is 1.16. The third kappa shape index (κ3) is 2.96. The Kier molecular flexibility index (Phi) is 3.20. The van der Waals surface area contributed by atoms with Crippen molar-refractivity contribution in [1.82, 2.24) is 4.98 Å². The van der Waals surface area contributed by atoms with Crippen LogP contribution in [-0.4, -0.2) is 4.98 Å². The predicted molar refractivity (Wildman–Crippen MR) is 58.9 cm³/mol. The van der Waals surface area contributed by atoms with Gasteiger partial charge in [0, 0.05) is 0 Å². The van der Waals surface area contributed by atoms with E-state index in [1.807, 2.05) is 24.3 Å². The molecule has 0 fully saturated rings. The molecule has 0 aliphatic rings. The summed E-state index contributed by atoms with van der Waals surface area (Å²) >= 11 is 5.75. The maximum Gasteiger partial charge on any atom is 0.130 e. The zero-order chi connectivity index (χ0) is 10.5. The first kappa shape index (κ1) is 9.99. The van der Waals surface area contributed by atoms with Crippen LogP contribution in [0.5, 0.6) is 5.75 Å². The number of hydrogen-bond acceptors (Lipinski definition) is 2. The third-order valence-electron chi connectivity index (χ3n) is 1.85. The summed E-state index contributed by atoms with van der Waals surface area (Å²) in [5.41, 5.74) is 0.815. The second-order valence-electron chi connectivity index (χ2n) is 2.98. The Bertz CT molecular complexity index is 431. The van der Waals surface area contributed by atoms with Crippen molar-refractivity contribution in [2.45, 2.75) is 6.61 Å². The smallest absolute Gasteiger partial charge is 0.130 e. The summed E-state index contributed by atoms with van der Waals surface area (Å²) in [5, 5.41) is 0.484. The van der Waals surface area contributed by atoms with Crippen molar-refractivity contribution >= 4 is 11.6 Å². The van der Waals surface area contributed by atoms with Crippen molar-refractivity contribution in [2.24, 2.45) is 0 Å². The highest BCUT2D eigenvalue weighted by Gasteiger charge is 1.97. The predicted octanol–water partition coefficient (Wildman–Crippen LogP) is 3.11. The van der Waals surface area contributed by atoms with E-state index >= 15 is 0 Å². The molecule has 0 N–H and O–H groups in total. The van der Waals surface area contributed by atoms with Crippen LogP contribution < -0.4 is 4.74 Å². The molecule has 0 aliphatic carbocycles. The van der Waals surface area contributed by atoms with Crippen LogP contribution in [-0.2, 0) is 6.61 Å². The van der Waals surface area contributed by atoms with E-state index in [0.717, 1.165) is 11.4 Å². The standard InChI is InChI=1S/C12H9ClNO/c13-12-8-4-5-10(14-12)9-15-11-6-2-1-3-7-11/h2-8H,9H2. The molecule has 0 saturated heterocycles. The largest absolute Gasteiger partial charge is 0.487 e. The molecule has 0 bridgehead atoms. The molecule has 0 aliphatic heterocycles. The first-order chi connectivity index (χ1) is 7.34. The maximum atomic E-state index is 5.75. The SMILES string of the molecule is Clc1cccc(COc2cc[c]cc2)n1. The highest BCUT2D eigenvalue weighted by atomic mass is 35.5. The van der Waals surface area contributed by atoms with Crippen LogP contribution in [0.4, 0.5) is 0 Å². The van der Waals surface area contributed by atoms with Crippen LogP contribution in [0.15, 0.2) is 42.5 Å². The van der Waals surface area contributed by atoms with Crippen LogP contribution in [0, 0.1) is 6.07 Å². The van der Waals surface area contributed by atoms with E-state index in [-0.39, 0.29) is 0 Å². The molecule has 0 amide bonds. The van der Waals surface area contributed by atoms with Crippen molar-refractivity contribution in [3.8, 4) is 5.75 Å². The molecule has 3 heteroatoms. The number of benzene rings is 1. The van der Waals surface area contributed by atoms with E-state index in [9.17, 15) is 0 Å². The van der Waals surface area contributed by atoms with Gasteiger partial charge < -0.3 is 4.74 Å². The molecule has 0 atom stereocenters. The number of hydrogen-bond donors (Lipinski definition) is 0. The monoisotopic (exact) mass is 218 g/mol. The van der Waals surface area contributed by atoms with E-state index in [1.54, 1.807) is 18.2 Å². The van der Waals surface area contributed by atoms with Gasteiger partial charge in [-0.2, -0.15) is 0 Å². The van der Waals surface area contributed by atoms with Crippen molar-refractivity contribution in [2.75, 3.05) is 0 Å². The van der Waals surface area contributed by atoms with Gasteiger partial charge in [-0.05, 0) is 30.3 Å². The molecule has 15 heavy (non-hydrogen) atoms. The van der Waals surface area contributed by atoms with Gasteiger partial charge in [0.2, 0.25) is 0 Å². The molecule has 75 valence electrons. The quantitative estimate of drug-likeness (QED) is 0.739. The molecule has 1 aromatic carbocycles. The lowest BCUT2D eigenvalue weighted by Crippen LogP contribution is -1.97. The van der Waals surface area contributed by atoms with Gasteiger partial charge in [0.1, 0.15) is 17.5 Å². The summed E-state index contributed by atoms with van der Waals surface area (Å²) < 4.78 is 5.51. The minimum Gasteiger partial charge on any atom is -0.487 e. The lowest BCUT2D eigenvalue weighted by atomic mass is 10.3. The molecule has 1 aromatic heterocycles. The minimum absolute atomic E-state index is 0.421. The Hall–Kier alpha value is -1.54. The molecule has 2 aromatic rings. The van der Waals surface area contributed by atoms with Gasteiger partial charge in [0.25, 0.3) is 0 Å². The van der Waals surface area contributed by atoms with Crippen LogP contribution in [0.1, 0.15) is 5.69 Å². The number of halogens is 1. The lowest BCUT2D eigenvalue weighted by Gasteiger charge is -2.04. The topological polar surface area (TPSA) is 22.1 Å². The average Bonchev–Trinajstić information content (AvgIpc) is 2.28. The van der Waals surface area contributed by atoms with Crippen LogP contribution >= 0.6 is 11.6 Å². The van der Waals surface area contributed by atoms with Crippen molar-refractivity contribution in [3.05, 3.63) is 59.4 Å². The summed E-state index contributed by atoms with van der Waals surface area (Å²) in [7, 11) is 0. The average molecular weight is 219 g/mol. The van der Waals surface area contributed by atoms with E-state index in [4.69, 9.17) is 16.3 Å². The fourth-order valence-corrected chi connectivity index (χ4v) is 1.34. The minimum atomic E-state index is 0.421. The van der Waals surface area contributed by atoms with Crippen molar-refractivity contribution in [1.29, 1.82) is 0 Å². The molecule has 1 radical (unpaired) electrons. The molecule has 1 heterocycles. The molecule has 2 nitrogen and oxygen atoms in total. The molecule has 2 rings (SSSR count). The fraction of sp³-hybridized carbons (Fsp3) is 0.0833. The van der Waals surface area contributed by atoms with Gasteiger partial charge in [0.15, 0.2) is 0 Å². The molecule has 0 unspecified atom stereocenters. The Morgan fingerprint density at radius 2 is 2.00 bits per heavy atom. The van der Waals surface area contributed by atoms with Gasteiger partial charge in [0.05, 0.1) is 5.69 Å². The molecule has 0 spiro atoms. The number of rotatable bonds is 3. The molecular formula is C12H9ClNO. The summed E-state index contributed by atoms with van der Waals surface area (Å²) in [4.78, 5) is 4.12. The highest BCUT2D eigenvalue weighted by molar-refractivity contribution is 6.29. The van der Waals surface area contributed by atoms with Crippen LogP contribution in [0.25, 0.3) is 0 Å². The second kappa shape index (κ2) is 4.80. The summed E-state index contributed by atoms with van der Waals surface area (Å²) in [6, 6.07) is 15.7. The van der Waals surface area contributed by atoms with E-state index in [1.165, 1.54) is 0 Å². The second-order valence-corrected chi connectivity index (χ2v) is 3.36. The van der Waals surface area contributed by atoms with Crippen LogP contribution in [0.2, 0.25) is 5.15 Å². The Balaban J connectivity index is 1.99. The summed E-state index contributed by atoms with van der Waals surface area (Å²) in [6.07, 6.45) is 0. The number of aromatic nitrogens is 1. The Labute approximate surface area is 93.5 Å². The van der Waals surface area contributed by atoms with E-state index in [2.05, 4.69) is 11.1 Å². The maximum absolute atomic E-state index is 5.75. The lowest BCUT2D eigenvalue weighted by molar-refractivity contribution is 0.301. The normalized spacial score (nSPS) is 9.93. The van der Waals surface area contributed by atoms with Crippen molar-refractivity contribution < 1.29 is 4.74 Å². The zero-order valence-corrected chi connectivity index (χ0v) is 8.74.